The normalized spacial score (nSPS) is 10.9. The molecule has 0 bridgehead atoms. The summed E-state index contributed by atoms with van der Waals surface area (Å²) in [7, 11) is 1.95. The van der Waals surface area contributed by atoms with Gasteiger partial charge in [-0.1, -0.05) is 17.7 Å². The number of nitrogens with two attached hydrogens (primary N) is 1. The Kier molecular flexibility index (Phi) is 2.79. The van der Waals surface area contributed by atoms with Gasteiger partial charge in [-0.05, 0) is 12.1 Å². The third kappa shape index (κ3) is 1.78. The number of halogens is 1. The number of fused-ring (bicyclic) bond motifs is 1. The Labute approximate surface area is 93.0 Å². The highest BCUT2D eigenvalue weighted by Crippen LogP contribution is 2.24. The maximum atomic E-state index is 6.05. The monoisotopic (exact) mass is 224 g/mol. The van der Waals surface area contributed by atoms with Crippen molar-refractivity contribution in [3.63, 3.8) is 0 Å². The van der Waals surface area contributed by atoms with Crippen molar-refractivity contribution in [3.8, 4) is 0 Å². The summed E-state index contributed by atoms with van der Waals surface area (Å²) in [6, 6.07) is 5.74. The number of aromatic nitrogens is 2. The largest absolute Gasteiger partial charge is 0.354 e. The van der Waals surface area contributed by atoms with Crippen LogP contribution in [-0.4, -0.2) is 22.6 Å². The Balaban J connectivity index is 2.49. The molecule has 0 aliphatic rings. The molecule has 1 aromatic carbocycles. The van der Waals surface area contributed by atoms with Crippen LogP contribution in [0.4, 0.5) is 5.95 Å². The average Bonchev–Trinajstić information content (AvgIpc) is 2.55. The van der Waals surface area contributed by atoms with E-state index in [9.17, 15) is 0 Å². The van der Waals surface area contributed by atoms with Gasteiger partial charge in [0.25, 0.3) is 0 Å². The summed E-state index contributed by atoms with van der Waals surface area (Å²) in [5, 5.41) is 3.82. The van der Waals surface area contributed by atoms with E-state index >= 15 is 0 Å². The molecule has 0 aliphatic heterocycles. The molecule has 5 heteroatoms. The van der Waals surface area contributed by atoms with Crippen LogP contribution in [0.2, 0.25) is 5.02 Å². The number of nitrogens with one attached hydrogen (secondary N) is 1. The van der Waals surface area contributed by atoms with E-state index in [1.54, 1.807) is 0 Å². The molecule has 0 saturated heterocycles. The van der Waals surface area contributed by atoms with Gasteiger partial charge in [0.05, 0.1) is 10.5 Å². The molecular formula is C10H13ClN4. The molecule has 0 amide bonds. The predicted molar refractivity (Wildman–Crippen MR) is 63.3 cm³/mol. The standard InChI is InChI=1S/C10H13ClN4/c1-15-8-4-2-3-7(11)9(8)14-10(15)13-6-5-12/h2-4H,5-6,12H2,1H3,(H,13,14). The lowest BCUT2D eigenvalue weighted by molar-refractivity contribution is 0.915. The summed E-state index contributed by atoms with van der Waals surface area (Å²) >= 11 is 6.05. The second kappa shape index (κ2) is 4.08. The highest BCUT2D eigenvalue weighted by atomic mass is 35.5. The molecule has 80 valence electrons. The lowest BCUT2D eigenvalue weighted by Crippen LogP contribution is -2.15. The zero-order chi connectivity index (χ0) is 10.8. The lowest BCUT2D eigenvalue weighted by atomic mass is 10.3. The number of nitrogens with zero attached hydrogens (tertiary/aromatic N) is 2. The number of anilines is 1. The fraction of sp³-hybridized carbons (Fsp3) is 0.300. The molecule has 0 spiro atoms. The van der Waals surface area contributed by atoms with E-state index in [1.807, 2.05) is 29.8 Å². The first kappa shape index (κ1) is 10.3. The fourth-order valence-corrected chi connectivity index (χ4v) is 1.73. The van der Waals surface area contributed by atoms with Crippen LogP contribution in [0.15, 0.2) is 18.2 Å². The zero-order valence-corrected chi connectivity index (χ0v) is 9.25. The highest BCUT2D eigenvalue weighted by molar-refractivity contribution is 6.35. The van der Waals surface area contributed by atoms with Crippen molar-refractivity contribution in [3.05, 3.63) is 23.2 Å². The number of rotatable bonds is 3. The summed E-state index contributed by atoms with van der Waals surface area (Å²) in [6.07, 6.45) is 0. The quantitative estimate of drug-likeness (QED) is 0.833. The lowest BCUT2D eigenvalue weighted by Gasteiger charge is -2.03. The molecule has 2 rings (SSSR count). The van der Waals surface area contributed by atoms with Gasteiger partial charge in [0.15, 0.2) is 0 Å². The van der Waals surface area contributed by atoms with E-state index in [0.29, 0.717) is 18.1 Å². The summed E-state index contributed by atoms with van der Waals surface area (Å²) in [4.78, 5) is 4.41. The van der Waals surface area contributed by atoms with Gasteiger partial charge in [0.2, 0.25) is 5.95 Å². The minimum Gasteiger partial charge on any atom is -0.354 e. The molecule has 0 aliphatic carbocycles. The van der Waals surface area contributed by atoms with Crippen LogP contribution >= 0.6 is 11.6 Å². The molecule has 4 nitrogen and oxygen atoms in total. The van der Waals surface area contributed by atoms with Crippen LogP contribution in [0.25, 0.3) is 11.0 Å². The van der Waals surface area contributed by atoms with Crippen molar-refractivity contribution in [1.29, 1.82) is 0 Å². The number of aryl methyl sites for hydroxylation is 1. The Hall–Kier alpha value is -1.26. The fourth-order valence-electron chi connectivity index (χ4n) is 1.52. The van der Waals surface area contributed by atoms with Crippen LogP contribution in [0.1, 0.15) is 0 Å². The smallest absolute Gasteiger partial charge is 0.203 e. The van der Waals surface area contributed by atoms with Crippen LogP contribution in [0.5, 0.6) is 0 Å². The van der Waals surface area contributed by atoms with Crippen molar-refractivity contribution in [2.24, 2.45) is 12.8 Å². The third-order valence-electron chi connectivity index (χ3n) is 2.29. The van der Waals surface area contributed by atoms with Crippen molar-refractivity contribution in [2.75, 3.05) is 18.4 Å². The molecule has 0 radical (unpaired) electrons. The molecule has 0 saturated carbocycles. The van der Waals surface area contributed by atoms with Gasteiger partial charge in [-0.25, -0.2) is 4.98 Å². The Morgan fingerprint density at radius 1 is 1.53 bits per heavy atom. The van der Waals surface area contributed by atoms with Crippen LogP contribution in [0.3, 0.4) is 0 Å². The molecule has 1 aromatic heterocycles. The predicted octanol–water partition coefficient (Wildman–Crippen LogP) is 1.60. The number of para-hydroxylation sites is 1. The van der Waals surface area contributed by atoms with Crippen molar-refractivity contribution in [2.45, 2.75) is 0 Å². The van der Waals surface area contributed by atoms with Crippen LogP contribution in [0, 0.1) is 0 Å². The van der Waals surface area contributed by atoms with Crippen molar-refractivity contribution < 1.29 is 0 Å². The summed E-state index contributed by atoms with van der Waals surface area (Å²) in [5.74, 6) is 0.795. The molecule has 3 N–H and O–H groups in total. The van der Waals surface area contributed by atoms with E-state index in [1.165, 1.54) is 0 Å². The molecule has 15 heavy (non-hydrogen) atoms. The minimum absolute atomic E-state index is 0.580. The maximum absolute atomic E-state index is 6.05. The number of imidazole rings is 1. The second-order valence-electron chi connectivity index (χ2n) is 3.32. The van der Waals surface area contributed by atoms with Crippen LogP contribution < -0.4 is 11.1 Å². The van der Waals surface area contributed by atoms with Crippen molar-refractivity contribution >= 4 is 28.6 Å². The Bertz CT molecular complexity index is 477. The van der Waals surface area contributed by atoms with Gasteiger partial charge in [0.1, 0.15) is 5.52 Å². The zero-order valence-electron chi connectivity index (χ0n) is 8.50. The molecule has 0 atom stereocenters. The maximum Gasteiger partial charge on any atom is 0.203 e. The van der Waals surface area contributed by atoms with Gasteiger partial charge in [0, 0.05) is 20.1 Å². The molecule has 1 heterocycles. The van der Waals surface area contributed by atoms with E-state index in [-0.39, 0.29) is 0 Å². The highest BCUT2D eigenvalue weighted by Gasteiger charge is 2.08. The average molecular weight is 225 g/mol. The van der Waals surface area contributed by atoms with Crippen LogP contribution in [-0.2, 0) is 7.05 Å². The number of hydrogen-bond acceptors (Lipinski definition) is 3. The summed E-state index contributed by atoms with van der Waals surface area (Å²) < 4.78 is 1.97. The summed E-state index contributed by atoms with van der Waals surface area (Å²) in [6.45, 7) is 1.28. The SMILES string of the molecule is Cn1c(NCCN)nc2c(Cl)cccc21. The van der Waals surface area contributed by atoms with Gasteiger partial charge >= 0.3 is 0 Å². The van der Waals surface area contributed by atoms with E-state index in [0.717, 1.165) is 17.0 Å². The van der Waals surface area contributed by atoms with Gasteiger partial charge < -0.3 is 15.6 Å². The molecule has 2 aromatic rings. The topological polar surface area (TPSA) is 55.9 Å². The van der Waals surface area contributed by atoms with E-state index in [2.05, 4.69) is 10.3 Å². The number of hydrogen-bond donors (Lipinski definition) is 2. The third-order valence-corrected chi connectivity index (χ3v) is 2.59. The van der Waals surface area contributed by atoms with E-state index in [4.69, 9.17) is 17.3 Å². The first-order valence-corrected chi connectivity index (χ1v) is 5.16. The van der Waals surface area contributed by atoms with E-state index < -0.39 is 0 Å². The molecule has 0 unspecified atom stereocenters. The van der Waals surface area contributed by atoms with Crippen molar-refractivity contribution in [1.82, 2.24) is 9.55 Å². The van der Waals surface area contributed by atoms with Gasteiger partial charge in [-0.3, -0.25) is 0 Å². The number of benzene rings is 1. The molecule has 0 fully saturated rings. The first-order valence-electron chi connectivity index (χ1n) is 4.79. The van der Waals surface area contributed by atoms with Gasteiger partial charge in [-0.15, -0.1) is 0 Å². The summed E-state index contributed by atoms with van der Waals surface area (Å²) in [5.41, 5.74) is 7.26. The Morgan fingerprint density at radius 2 is 2.33 bits per heavy atom. The minimum atomic E-state index is 0.580. The van der Waals surface area contributed by atoms with Gasteiger partial charge in [-0.2, -0.15) is 0 Å². The first-order chi connectivity index (χ1) is 7.24. The second-order valence-corrected chi connectivity index (χ2v) is 3.72. The Morgan fingerprint density at radius 3 is 3.00 bits per heavy atom. The molecular weight excluding hydrogens is 212 g/mol.